The Morgan fingerprint density at radius 2 is 1.88 bits per heavy atom. The maximum atomic E-state index is 12.6. The number of carbonyl (C=O) groups excluding carboxylic acids is 1. The standard InChI is InChI=1S/C19H23N3O4/c1-11-7-6-10-14(12(11)2)22-18(25)15(17(24)21-19(22)26)16(23)20-13-8-4-3-5-9-13/h6-7,10,13,25H,3-5,8-9H2,1-2H3,(H,20,23)(H,21,24,26). The van der Waals surface area contributed by atoms with Gasteiger partial charge < -0.3 is 10.4 Å². The Bertz CT molecular complexity index is 952. The van der Waals surface area contributed by atoms with E-state index in [1.807, 2.05) is 19.9 Å². The number of carbonyl (C=O) groups is 1. The summed E-state index contributed by atoms with van der Waals surface area (Å²) in [6.07, 6.45) is 4.88. The van der Waals surface area contributed by atoms with Crippen molar-refractivity contribution in [2.24, 2.45) is 0 Å². The van der Waals surface area contributed by atoms with Crippen LogP contribution in [0, 0.1) is 13.8 Å². The minimum atomic E-state index is -0.887. The largest absolute Gasteiger partial charge is 0.493 e. The van der Waals surface area contributed by atoms with Gasteiger partial charge in [-0.05, 0) is 43.9 Å². The van der Waals surface area contributed by atoms with E-state index >= 15 is 0 Å². The molecule has 0 unspecified atom stereocenters. The summed E-state index contributed by atoms with van der Waals surface area (Å²) in [4.78, 5) is 39.2. The molecule has 138 valence electrons. The van der Waals surface area contributed by atoms with Crippen molar-refractivity contribution in [3.63, 3.8) is 0 Å². The summed E-state index contributed by atoms with van der Waals surface area (Å²) in [7, 11) is 0. The van der Waals surface area contributed by atoms with E-state index in [0.29, 0.717) is 5.69 Å². The quantitative estimate of drug-likeness (QED) is 0.780. The molecular formula is C19H23N3O4. The van der Waals surface area contributed by atoms with Gasteiger partial charge in [0.25, 0.3) is 11.5 Å². The molecule has 1 aromatic carbocycles. The maximum Gasteiger partial charge on any atom is 0.335 e. The first kappa shape index (κ1) is 18.0. The van der Waals surface area contributed by atoms with Crippen molar-refractivity contribution in [1.29, 1.82) is 0 Å². The lowest BCUT2D eigenvalue weighted by Gasteiger charge is -2.23. The number of benzene rings is 1. The van der Waals surface area contributed by atoms with Crippen LogP contribution in [0.5, 0.6) is 5.88 Å². The molecular weight excluding hydrogens is 334 g/mol. The molecule has 1 aliphatic rings. The van der Waals surface area contributed by atoms with Crippen molar-refractivity contribution in [3.05, 3.63) is 55.7 Å². The lowest BCUT2D eigenvalue weighted by Crippen LogP contribution is -2.41. The van der Waals surface area contributed by atoms with Crippen LogP contribution in [0.1, 0.15) is 53.6 Å². The summed E-state index contributed by atoms with van der Waals surface area (Å²) in [6, 6.07) is 5.26. The fraction of sp³-hybridized carbons (Fsp3) is 0.421. The van der Waals surface area contributed by atoms with Crippen LogP contribution in [-0.2, 0) is 0 Å². The Labute approximate surface area is 150 Å². The smallest absolute Gasteiger partial charge is 0.335 e. The molecule has 1 fully saturated rings. The zero-order valence-corrected chi connectivity index (χ0v) is 15.0. The van der Waals surface area contributed by atoms with E-state index in [-0.39, 0.29) is 6.04 Å². The van der Waals surface area contributed by atoms with E-state index in [1.165, 1.54) is 0 Å². The van der Waals surface area contributed by atoms with E-state index in [9.17, 15) is 19.5 Å². The van der Waals surface area contributed by atoms with Crippen molar-refractivity contribution >= 4 is 5.91 Å². The van der Waals surface area contributed by atoms with Gasteiger partial charge in [-0.25, -0.2) is 9.36 Å². The topological polar surface area (TPSA) is 104 Å². The van der Waals surface area contributed by atoms with Crippen LogP contribution >= 0.6 is 0 Å². The maximum absolute atomic E-state index is 12.6. The molecule has 0 spiro atoms. The first-order chi connectivity index (χ1) is 12.4. The molecule has 1 heterocycles. The van der Waals surface area contributed by atoms with Crippen LogP contribution in [0.15, 0.2) is 27.8 Å². The number of H-pyrrole nitrogens is 1. The molecule has 7 nitrogen and oxygen atoms in total. The highest BCUT2D eigenvalue weighted by Gasteiger charge is 2.25. The number of amides is 1. The molecule has 0 saturated heterocycles. The van der Waals surface area contributed by atoms with Crippen molar-refractivity contribution in [2.45, 2.75) is 52.0 Å². The van der Waals surface area contributed by atoms with Crippen molar-refractivity contribution in [2.75, 3.05) is 0 Å². The lowest BCUT2D eigenvalue weighted by atomic mass is 9.95. The summed E-state index contributed by atoms with van der Waals surface area (Å²) in [5, 5.41) is 13.4. The molecule has 0 radical (unpaired) electrons. The number of aromatic hydroxyl groups is 1. The van der Waals surface area contributed by atoms with E-state index in [2.05, 4.69) is 10.3 Å². The van der Waals surface area contributed by atoms with Crippen LogP contribution in [0.3, 0.4) is 0 Å². The zero-order valence-electron chi connectivity index (χ0n) is 15.0. The highest BCUT2D eigenvalue weighted by atomic mass is 16.3. The molecule has 0 atom stereocenters. The van der Waals surface area contributed by atoms with Gasteiger partial charge in [-0.3, -0.25) is 14.6 Å². The fourth-order valence-corrected chi connectivity index (χ4v) is 3.44. The van der Waals surface area contributed by atoms with Gasteiger partial charge in [0.1, 0.15) is 0 Å². The molecule has 1 amide bonds. The van der Waals surface area contributed by atoms with Crippen molar-refractivity contribution < 1.29 is 9.90 Å². The lowest BCUT2D eigenvalue weighted by molar-refractivity contribution is 0.0922. The number of aromatic nitrogens is 2. The molecule has 1 aliphatic carbocycles. The Morgan fingerprint density at radius 3 is 2.58 bits per heavy atom. The van der Waals surface area contributed by atoms with Crippen LogP contribution in [0.25, 0.3) is 5.69 Å². The van der Waals surface area contributed by atoms with E-state index in [4.69, 9.17) is 0 Å². The molecule has 26 heavy (non-hydrogen) atoms. The van der Waals surface area contributed by atoms with Gasteiger partial charge in [0.05, 0.1) is 5.69 Å². The molecule has 0 aliphatic heterocycles. The number of rotatable bonds is 3. The van der Waals surface area contributed by atoms with Crippen LogP contribution in [-0.4, -0.2) is 26.6 Å². The average Bonchev–Trinajstić information content (AvgIpc) is 2.59. The zero-order chi connectivity index (χ0) is 18.8. The predicted molar refractivity (Wildman–Crippen MR) is 98.1 cm³/mol. The summed E-state index contributed by atoms with van der Waals surface area (Å²) in [5.74, 6) is -1.30. The second-order valence-corrected chi connectivity index (χ2v) is 6.82. The fourth-order valence-electron chi connectivity index (χ4n) is 3.44. The second kappa shape index (κ2) is 7.19. The molecule has 3 rings (SSSR count). The number of aromatic amines is 1. The second-order valence-electron chi connectivity index (χ2n) is 6.82. The van der Waals surface area contributed by atoms with Crippen LogP contribution in [0.2, 0.25) is 0 Å². The van der Waals surface area contributed by atoms with Crippen LogP contribution < -0.4 is 16.6 Å². The Balaban J connectivity index is 2.07. The SMILES string of the molecule is Cc1cccc(-n2c(O)c(C(=O)NC3CCCCC3)c(=O)[nH]c2=O)c1C. The Kier molecular flexibility index (Phi) is 4.97. The molecule has 1 saturated carbocycles. The highest BCUT2D eigenvalue weighted by molar-refractivity contribution is 5.96. The molecule has 0 bridgehead atoms. The third kappa shape index (κ3) is 3.29. The number of hydrogen-bond acceptors (Lipinski definition) is 4. The number of nitrogens with zero attached hydrogens (tertiary/aromatic N) is 1. The highest BCUT2D eigenvalue weighted by Crippen LogP contribution is 2.22. The van der Waals surface area contributed by atoms with Gasteiger partial charge in [0.15, 0.2) is 5.56 Å². The minimum absolute atomic E-state index is 0.0175. The van der Waals surface area contributed by atoms with Crippen molar-refractivity contribution in [3.8, 4) is 11.6 Å². The third-order valence-corrected chi connectivity index (χ3v) is 5.07. The van der Waals surface area contributed by atoms with Crippen LogP contribution in [0.4, 0.5) is 0 Å². The monoisotopic (exact) mass is 357 g/mol. The van der Waals surface area contributed by atoms with Gasteiger partial charge in [0.2, 0.25) is 5.88 Å². The number of hydrogen-bond donors (Lipinski definition) is 3. The number of aryl methyl sites for hydroxylation is 1. The first-order valence-electron chi connectivity index (χ1n) is 8.86. The third-order valence-electron chi connectivity index (χ3n) is 5.07. The summed E-state index contributed by atoms with van der Waals surface area (Å²) in [5.41, 5.74) is 0.0214. The Hall–Kier alpha value is -2.83. The Morgan fingerprint density at radius 1 is 1.19 bits per heavy atom. The van der Waals surface area contributed by atoms with Gasteiger partial charge in [0, 0.05) is 6.04 Å². The summed E-state index contributed by atoms with van der Waals surface area (Å²) < 4.78 is 0.972. The van der Waals surface area contributed by atoms with E-state index in [1.54, 1.807) is 12.1 Å². The van der Waals surface area contributed by atoms with Gasteiger partial charge >= 0.3 is 5.69 Å². The van der Waals surface area contributed by atoms with E-state index < -0.39 is 28.6 Å². The first-order valence-corrected chi connectivity index (χ1v) is 8.86. The molecule has 3 N–H and O–H groups in total. The molecule has 1 aromatic heterocycles. The van der Waals surface area contributed by atoms with Gasteiger partial charge in [-0.1, -0.05) is 31.4 Å². The number of nitrogens with one attached hydrogen (secondary N) is 2. The summed E-state index contributed by atoms with van der Waals surface area (Å²) in [6.45, 7) is 3.69. The van der Waals surface area contributed by atoms with Gasteiger partial charge in [-0.2, -0.15) is 0 Å². The normalized spacial score (nSPS) is 15.0. The molecule has 7 heteroatoms. The summed E-state index contributed by atoms with van der Waals surface area (Å²) >= 11 is 0. The van der Waals surface area contributed by atoms with Gasteiger partial charge in [-0.15, -0.1) is 0 Å². The minimum Gasteiger partial charge on any atom is -0.493 e. The van der Waals surface area contributed by atoms with E-state index in [0.717, 1.165) is 47.8 Å². The average molecular weight is 357 g/mol. The van der Waals surface area contributed by atoms with Crippen molar-refractivity contribution in [1.82, 2.24) is 14.9 Å². The molecule has 2 aromatic rings. The predicted octanol–water partition coefficient (Wildman–Crippen LogP) is 1.91.